The molecule has 4 rings (SSSR count). The van der Waals surface area contributed by atoms with Gasteiger partial charge in [-0.3, -0.25) is 4.99 Å². The molecule has 2 atom stereocenters. The molecule has 0 aliphatic heterocycles. The van der Waals surface area contributed by atoms with E-state index < -0.39 is 0 Å². The fraction of sp³-hybridized carbons (Fsp3) is 0.381. The first-order valence-electron chi connectivity index (χ1n) is 9.05. The Morgan fingerprint density at radius 3 is 2.76 bits per heavy atom. The predicted octanol–water partition coefficient (Wildman–Crippen LogP) is 3.07. The fourth-order valence-corrected chi connectivity index (χ4v) is 3.98. The standard InChI is InChI=1S/C21H25N3O/c22-20(24-18-10-9-15-7-4-8-17(15)11-18)23-13-21(14-25)12-19(21)16-5-2-1-3-6-16/h1-3,5-6,9-11,19,25H,4,7-8,12-14H2,(H3,22,23,24). The Labute approximate surface area is 148 Å². The van der Waals surface area contributed by atoms with Crippen molar-refractivity contribution in [2.45, 2.75) is 31.6 Å². The van der Waals surface area contributed by atoms with E-state index in [1.54, 1.807) is 0 Å². The second-order valence-electron chi connectivity index (χ2n) is 7.35. The first-order valence-corrected chi connectivity index (χ1v) is 9.05. The average Bonchev–Trinajstić information content (AvgIpc) is 3.19. The molecule has 0 bridgehead atoms. The molecule has 1 saturated carbocycles. The minimum absolute atomic E-state index is 0.141. The van der Waals surface area contributed by atoms with Crippen molar-refractivity contribution in [2.24, 2.45) is 16.1 Å². The molecule has 130 valence electrons. The van der Waals surface area contributed by atoms with Gasteiger partial charge < -0.3 is 16.2 Å². The van der Waals surface area contributed by atoms with Crippen molar-refractivity contribution in [1.29, 1.82) is 0 Å². The summed E-state index contributed by atoms with van der Waals surface area (Å²) in [5.41, 5.74) is 11.1. The van der Waals surface area contributed by atoms with E-state index in [0.717, 1.165) is 18.5 Å². The number of hydrogen-bond donors (Lipinski definition) is 3. The Bertz CT molecular complexity index is 787. The SMILES string of the molecule is NC(=NCC1(CO)CC1c1ccccc1)Nc1ccc2c(c1)CCC2. The highest BCUT2D eigenvalue weighted by Gasteiger charge is 2.54. The van der Waals surface area contributed by atoms with Crippen LogP contribution >= 0.6 is 0 Å². The minimum atomic E-state index is -0.161. The topological polar surface area (TPSA) is 70.6 Å². The number of aliphatic hydroxyl groups is 1. The Hall–Kier alpha value is -2.33. The highest BCUT2D eigenvalue weighted by molar-refractivity contribution is 5.92. The molecule has 0 aromatic heterocycles. The minimum Gasteiger partial charge on any atom is -0.396 e. The average molecular weight is 335 g/mol. The quantitative estimate of drug-likeness (QED) is 0.581. The van der Waals surface area contributed by atoms with E-state index >= 15 is 0 Å². The number of aliphatic imine (C=N–C) groups is 1. The summed E-state index contributed by atoms with van der Waals surface area (Å²) >= 11 is 0. The number of nitrogens with two attached hydrogens (primary N) is 1. The number of aryl methyl sites for hydroxylation is 2. The van der Waals surface area contributed by atoms with E-state index in [1.807, 2.05) is 18.2 Å². The van der Waals surface area contributed by atoms with Crippen LogP contribution in [0.5, 0.6) is 0 Å². The second-order valence-corrected chi connectivity index (χ2v) is 7.35. The van der Waals surface area contributed by atoms with Gasteiger partial charge in [-0.2, -0.15) is 0 Å². The molecule has 0 amide bonds. The third-order valence-electron chi connectivity index (χ3n) is 5.64. The van der Waals surface area contributed by atoms with E-state index in [1.165, 1.54) is 29.5 Å². The third-order valence-corrected chi connectivity index (χ3v) is 5.64. The molecule has 2 aliphatic carbocycles. The van der Waals surface area contributed by atoms with Crippen molar-refractivity contribution in [1.82, 2.24) is 0 Å². The fourth-order valence-electron chi connectivity index (χ4n) is 3.98. The van der Waals surface area contributed by atoms with Crippen LogP contribution in [0.25, 0.3) is 0 Å². The Balaban J connectivity index is 1.41. The van der Waals surface area contributed by atoms with Gasteiger partial charge in [0.05, 0.1) is 13.2 Å². The van der Waals surface area contributed by atoms with Gasteiger partial charge in [-0.1, -0.05) is 36.4 Å². The number of fused-ring (bicyclic) bond motifs is 1. The van der Waals surface area contributed by atoms with Gasteiger partial charge in [0, 0.05) is 11.1 Å². The lowest BCUT2D eigenvalue weighted by Gasteiger charge is -2.13. The van der Waals surface area contributed by atoms with Gasteiger partial charge in [0.2, 0.25) is 0 Å². The molecule has 2 unspecified atom stereocenters. The lowest BCUT2D eigenvalue weighted by Crippen LogP contribution is -2.25. The summed E-state index contributed by atoms with van der Waals surface area (Å²) in [6.07, 6.45) is 4.53. The van der Waals surface area contributed by atoms with Gasteiger partial charge in [0.1, 0.15) is 0 Å². The Morgan fingerprint density at radius 2 is 1.96 bits per heavy atom. The first-order chi connectivity index (χ1) is 12.2. The highest BCUT2D eigenvalue weighted by Crippen LogP contribution is 2.59. The van der Waals surface area contributed by atoms with Crippen LogP contribution in [0.3, 0.4) is 0 Å². The molecule has 1 fully saturated rings. The number of hydrogen-bond acceptors (Lipinski definition) is 2. The molecule has 2 aromatic rings. The first kappa shape index (κ1) is 16.2. The van der Waals surface area contributed by atoms with Gasteiger partial charge >= 0.3 is 0 Å². The summed E-state index contributed by atoms with van der Waals surface area (Å²) in [6.45, 7) is 0.690. The maximum Gasteiger partial charge on any atom is 0.193 e. The number of rotatable bonds is 5. The van der Waals surface area contributed by atoms with Gasteiger partial charge in [0.15, 0.2) is 5.96 Å². The number of aliphatic hydroxyl groups excluding tert-OH is 1. The highest BCUT2D eigenvalue weighted by atomic mass is 16.3. The lowest BCUT2D eigenvalue weighted by atomic mass is 10.00. The zero-order chi connectivity index (χ0) is 17.3. The van der Waals surface area contributed by atoms with Gasteiger partial charge in [-0.25, -0.2) is 0 Å². The van der Waals surface area contributed by atoms with Crippen molar-refractivity contribution in [2.75, 3.05) is 18.5 Å². The maximum atomic E-state index is 9.87. The van der Waals surface area contributed by atoms with E-state index in [2.05, 4.69) is 40.6 Å². The van der Waals surface area contributed by atoms with Crippen LogP contribution in [0.15, 0.2) is 53.5 Å². The Kier molecular flexibility index (Phi) is 4.22. The van der Waals surface area contributed by atoms with Crippen LogP contribution < -0.4 is 11.1 Å². The number of guanidine groups is 1. The van der Waals surface area contributed by atoms with Crippen LogP contribution in [0.4, 0.5) is 5.69 Å². The van der Waals surface area contributed by atoms with Gasteiger partial charge in [-0.15, -0.1) is 0 Å². The van der Waals surface area contributed by atoms with Crippen molar-refractivity contribution in [3.63, 3.8) is 0 Å². The molecule has 0 heterocycles. The molecule has 4 nitrogen and oxygen atoms in total. The van der Waals surface area contributed by atoms with Crippen LogP contribution in [-0.2, 0) is 12.8 Å². The number of benzene rings is 2. The third kappa shape index (κ3) is 3.27. The molecular formula is C21H25N3O. The zero-order valence-corrected chi connectivity index (χ0v) is 14.4. The van der Waals surface area contributed by atoms with Crippen LogP contribution in [-0.4, -0.2) is 24.2 Å². The monoisotopic (exact) mass is 335 g/mol. The molecular weight excluding hydrogens is 310 g/mol. The zero-order valence-electron chi connectivity index (χ0n) is 14.4. The predicted molar refractivity (Wildman–Crippen MR) is 102 cm³/mol. The molecule has 0 spiro atoms. The van der Waals surface area contributed by atoms with Crippen molar-refractivity contribution in [3.8, 4) is 0 Å². The summed E-state index contributed by atoms with van der Waals surface area (Å²) in [5, 5.41) is 13.1. The number of nitrogens with zero attached hydrogens (tertiary/aromatic N) is 1. The molecule has 25 heavy (non-hydrogen) atoms. The smallest absolute Gasteiger partial charge is 0.193 e. The largest absolute Gasteiger partial charge is 0.396 e. The molecule has 2 aromatic carbocycles. The summed E-state index contributed by atoms with van der Waals surface area (Å²) in [4.78, 5) is 4.52. The summed E-state index contributed by atoms with van der Waals surface area (Å²) < 4.78 is 0. The van der Waals surface area contributed by atoms with Crippen molar-refractivity contribution >= 4 is 11.6 Å². The van der Waals surface area contributed by atoms with E-state index in [4.69, 9.17) is 5.73 Å². The van der Waals surface area contributed by atoms with Crippen LogP contribution in [0, 0.1) is 5.41 Å². The Morgan fingerprint density at radius 1 is 1.16 bits per heavy atom. The summed E-state index contributed by atoms with van der Waals surface area (Å²) in [7, 11) is 0. The summed E-state index contributed by atoms with van der Waals surface area (Å²) in [5.74, 6) is 0.791. The van der Waals surface area contributed by atoms with Crippen molar-refractivity contribution < 1.29 is 5.11 Å². The second kappa shape index (κ2) is 6.52. The van der Waals surface area contributed by atoms with E-state index in [9.17, 15) is 5.11 Å². The van der Waals surface area contributed by atoms with E-state index in [-0.39, 0.29) is 12.0 Å². The van der Waals surface area contributed by atoms with Crippen LogP contribution in [0.1, 0.15) is 35.4 Å². The van der Waals surface area contributed by atoms with Crippen molar-refractivity contribution in [3.05, 3.63) is 65.2 Å². The lowest BCUT2D eigenvalue weighted by molar-refractivity contribution is 0.212. The molecule has 0 radical (unpaired) electrons. The molecule has 4 N–H and O–H groups in total. The normalized spacial score (nSPS) is 24.8. The number of nitrogens with one attached hydrogen (secondary N) is 1. The van der Waals surface area contributed by atoms with Gasteiger partial charge in [-0.05, 0) is 60.4 Å². The number of anilines is 1. The maximum absolute atomic E-state index is 9.87. The van der Waals surface area contributed by atoms with E-state index in [0.29, 0.717) is 18.4 Å². The molecule has 2 aliphatic rings. The summed E-state index contributed by atoms with van der Waals surface area (Å²) in [6, 6.07) is 16.8. The molecule has 4 heteroatoms. The van der Waals surface area contributed by atoms with Gasteiger partial charge in [0.25, 0.3) is 0 Å². The molecule has 0 saturated heterocycles. The van der Waals surface area contributed by atoms with Crippen LogP contribution in [0.2, 0.25) is 0 Å².